The molecular formula is C18H12F5N5O3. The lowest BCUT2D eigenvalue weighted by Crippen LogP contribution is -2.20. The molecule has 31 heavy (non-hydrogen) atoms. The largest absolute Gasteiger partial charge is 0.573 e. The molecule has 0 N–H and O–H groups in total. The molecule has 0 atom stereocenters. The van der Waals surface area contributed by atoms with Gasteiger partial charge in [0, 0.05) is 13.1 Å². The van der Waals surface area contributed by atoms with Crippen LogP contribution in [0.2, 0.25) is 0 Å². The highest BCUT2D eigenvalue weighted by Gasteiger charge is 2.39. The highest BCUT2D eigenvalue weighted by atomic mass is 19.4. The molecule has 162 valence electrons. The van der Waals surface area contributed by atoms with Gasteiger partial charge in [-0.15, -0.1) is 23.4 Å². The summed E-state index contributed by atoms with van der Waals surface area (Å²) in [5, 5.41) is 10.9. The number of halogens is 5. The third-order valence-corrected chi connectivity index (χ3v) is 4.06. The van der Waals surface area contributed by atoms with E-state index in [1.54, 1.807) is 18.3 Å². The van der Waals surface area contributed by atoms with Gasteiger partial charge in [0.1, 0.15) is 12.4 Å². The Labute approximate surface area is 170 Å². The number of ether oxygens (including phenoxy) is 2. The second-order valence-corrected chi connectivity index (χ2v) is 6.28. The Morgan fingerprint density at radius 3 is 2.32 bits per heavy atom. The molecule has 13 heteroatoms. The van der Waals surface area contributed by atoms with E-state index >= 15 is 0 Å². The van der Waals surface area contributed by atoms with E-state index in [0.29, 0.717) is 16.8 Å². The van der Waals surface area contributed by atoms with Gasteiger partial charge in [-0.1, -0.05) is 17.3 Å². The Balaban J connectivity index is 1.55. The second kappa shape index (κ2) is 7.58. The van der Waals surface area contributed by atoms with E-state index in [1.807, 2.05) is 0 Å². The molecule has 0 fully saturated rings. The number of aromatic nitrogens is 5. The van der Waals surface area contributed by atoms with E-state index in [-0.39, 0.29) is 17.5 Å². The summed E-state index contributed by atoms with van der Waals surface area (Å²) < 4.78 is 79.5. The maximum absolute atomic E-state index is 14.1. The lowest BCUT2D eigenvalue weighted by molar-refractivity contribution is -0.274. The average molecular weight is 441 g/mol. The summed E-state index contributed by atoms with van der Waals surface area (Å²) in [5.41, 5.74) is 1.50. The minimum Gasteiger partial charge on any atom is -0.406 e. The fourth-order valence-electron chi connectivity index (χ4n) is 2.69. The molecule has 0 aliphatic carbocycles. The van der Waals surface area contributed by atoms with Crippen LogP contribution in [0.15, 0.2) is 47.1 Å². The topological polar surface area (TPSA) is 87.6 Å². The smallest absolute Gasteiger partial charge is 0.406 e. The van der Waals surface area contributed by atoms with Crippen LogP contribution in [0.25, 0.3) is 16.8 Å². The van der Waals surface area contributed by atoms with Crippen molar-refractivity contribution in [1.29, 1.82) is 0 Å². The summed E-state index contributed by atoms with van der Waals surface area (Å²) in [6, 6.07) is 8.41. The number of nitrogens with zero attached hydrogens (tertiary/aromatic N) is 5. The van der Waals surface area contributed by atoms with Gasteiger partial charge in [-0.25, -0.2) is 0 Å². The van der Waals surface area contributed by atoms with Crippen LogP contribution >= 0.6 is 0 Å². The van der Waals surface area contributed by atoms with Gasteiger partial charge in [-0.3, -0.25) is 4.40 Å². The SMILES string of the molecule is Cc1nc(C(F)(F)OCc2nnc3ccc(-c4ccc(OC(F)(F)F)cc4)cn23)no1. The van der Waals surface area contributed by atoms with E-state index in [4.69, 9.17) is 0 Å². The molecular weight excluding hydrogens is 429 g/mol. The Morgan fingerprint density at radius 2 is 1.68 bits per heavy atom. The maximum atomic E-state index is 14.1. The van der Waals surface area contributed by atoms with Crippen molar-refractivity contribution in [3.8, 4) is 16.9 Å². The zero-order valence-electron chi connectivity index (χ0n) is 15.6. The van der Waals surface area contributed by atoms with E-state index in [2.05, 4.69) is 34.3 Å². The fourth-order valence-corrected chi connectivity index (χ4v) is 2.69. The molecule has 3 aromatic heterocycles. The number of hydrogen-bond donors (Lipinski definition) is 0. The Morgan fingerprint density at radius 1 is 0.968 bits per heavy atom. The molecule has 8 nitrogen and oxygen atoms in total. The summed E-state index contributed by atoms with van der Waals surface area (Å²) in [5.74, 6) is -1.26. The van der Waals surface area contributed by atoms with Gasteiger partial charge in [-0.2, -0.15) is 13.8 Å². The van der Waals surface area contributed by atoms with Gasteiger partial charge >= 0.3 is 12.5 Å². The zero-order chi connectivity index (χ0) is 22.2. The van der Waals surface area contributed by atoms with Gasteiger partial charge in [0.25, 0.3) is 5.82 Å². The summed E-state index contributed by atoms with van der Waals surface area (Å²) >= 11 is 0. The van der Waals surface area contributed by atoms with Crippen LogP contribution in [0.4, 0.5) is 22.0 Å². The normalized spacial score (nSPS) is 12.5. The van der Waals surface area contributed by atoms with Crippen LogP contribution in [0.5, 0.6) is 5.75 Å². The van der Waals surface area contributed by atoms with Gasteiger partial charge in [0.05, 0.1) is 0 Å². The summed E-state index contributed by atoms with van der Waals surface area (Å²) in [6.07, 6.45) is -7.06. The molecule has 3 heterocycles. The number of hydrogen-bond acceptors (Lipinski definition) is 7. The van der Waals surface area contributed by atoms with Crippen LogP contribution in [-0.4, -0.2) is 31.1 Å². The monoisotopic (exact) mass is 441 g/mol. The molecule has 1 aromatic carbocycles. The van der Waals surface area contributed by atoms with Crippen LogP contribution in [0, 0.1) is 6.92 Å². The quantitative estimate of drug-likeness (QED) is 0.414. The molecule has 0 amide bonds. The van der Waals surface area contributed by atoms with E-state index in [9.17, 15) is 22.0 Å². The number of fused-ring (bicyclic) bond motifs is 1. The van der Waals surface area contributed by atoms with Crippen LogP contribution in [0.1, 0.15) is 17.5 Å². The highest BCUT2D eigenvalue weighted by Crippen LogP contribution is 2.29. The number of pyridine rings is 1. The number of alkyl halides is 5. The first kappa shape index (κ1) is 20.7. The lowest BCUT2D eigenvalue weighted by Gasteiger charge is -2.12. The molecule has 0 bridgehead atoms. The number of benzene rings is 1. The molecule has 4 rings (SSSR count). The number of rotatable bonds is 6. The number of aryl methyl sites for hydroxylation is 1. The molecule has 0 saturated heterocycles. The standard InChI is InChI=1S/C18H12F5N5O3/c1-10-24-16(27-31-10)17(19,20)29-9-15-26-25-14-7-4-12(8-28(14)15)11-2-5-13(6-3-11)30-18(21,22)23/h2-8H,9H2,1H3. The maximum Gasteiger partial charge on any atom is 0.573 e. The van der Waals surface area contributed by atoms with Crippen molar-refractivity contribution in [1.82, 2.24) is 24.7 Å². The van der Waals surface area contributed by atoms with Crippen LogP contribution < -0.4 is 4.74 Å². The molecule has 0 aliphatic rings. The van der Waals surface area contributed by atoms with Crippen molar-refractivity contribution in [2.24, 2.45) is 0 Å². The van der Waals surface area contributed by atoms with Crippen molar-refractivity contribution in [2.45, 2.75) is 26.0 Å². The minimum atomic E-state index is -4.79. The first-order valence-corrected chi connectivity index (χ1v) is 8.63. The van der Waals surface area contributed by atoms with E-state index < -0.39 is 24.9 Å². The molecule has 0 spiro atoms. The van der Waals surface area contributed by atoms with Crippen molar-refractivity contribution in [3.05, 3.63) is 60.1 Å². The predicted molar refractivity (Wildman–Crippen MR) is 92.8 cm³/mol. The molecule has 0 saturated carbocycles. The Bertz CT molecular complexity index is 1200. The summed E-state index contributed by atoms with van der Waals surface area (Å²) in [6.45, 7) is 0.742. The summed E-state index contributed by atoms with van der Waals surface area (Å²) in [4.78, 5) is 3.45. The molecule has 0 unspecified atom stereocenters. The summed E-state index contributed by atoms with van der Waals surface area (Å²) in [7, 11) is 0. The predicted octanol–water partition coefficient (Wildman–Crippen LogP) is 4.25. The van der Waals surface area contributed by atoms with Crippen LogP contribution in [0.3, 0.4) is 0 Å². The van der Waals surface area contributed by atoms with Crippen molar-refractivity contribution >= 4 is 5.65 Å². The second-order valence-electron chi connectivity index (χ2n) is 6.28. The lowest BCUT2D eigenvalue weighted by atomic mass is 10.1. The van der Waals surface area contributed by atoms with Gasteiger partial charge in [0.15, 0.2) is 11.5 Å². The molecule has 0 radical (unpaired) electrons. The Kier molecular flexibility index (Phi) is 5.05. The van der Waals surface area contributed by atoms with Crippen molar-refractivity contribution in [2.75, 3.05) is 0 Å². The van der Waals surface area contributed by atoms with Crippen molar-refractivity contribution < 1.29 is 35.9 Å². The first-order chi connectivity index (χ1) is 14.6. The fraction of sp³-hybridized carbons (Fsp3) is 0.222. The third kappa shape index (κ3) is 4.60. The average Bonchev–Trinajstić information content (AvgIpc) is 3.32. The van der Waals surface area contributed by atoms with Crippen LogP contribution in [-0.2, 0) is 17.5 Å². The molecule has 0 aliphatic heterocycles. The van der Waals surface area contributed by atoms with Gasteiger partial charge in [0.2, 0.25) is 5.89 Å². The van der Waals surface area contributed by atoms with Crippen molar-refractivity contribution in [3.63, 3.8) is 0 Å². The van der Waals surface area contributed by atoms with Gasteiger partial charge < -0.3 is 14.0 Å². The molecule has 4 aromatic rings. The first-order valence-electron chi connectivity index (χ1n) is 8.63. The zero-order valence-corrected chi connectivity index (χ0v) is 15.6. The van der Waals surface area contributed by atoms with E-state index in [1.165, 1.54) is 23.5 Å². The highest BCUT2D eigenvalue weighted by molar-refractivity contribution is 5.65. The minimum absolute atomic E-state index is 0.0394. The van der Waals surface area contributed by atoms with E-state index in [0.717, 1.165) is 12.1 Å². The third-order valence-electron chi connectivity index (χ3n) is 4.06. The Hall–Kier alpha value is -3.61. The van der Waals surface area contributed by atoms with Gasteiger partial charge in [-0.05, 0) is 35.4 Å².